The number of hydrogen-bond donors (Lipinski definition) is 1. The van der Waals surface area contributed by atoms with E-state index in [1.165, 1.54) is 36.2 Å². The molecule has 2 heterocycles. The minimum atomic E-state index is -0.264. The third-order valence-electron chi connectivity index (χ3n) is 7.42. The molecule has 3 aliphatic rings. The van der Waals surface area contributed by atoms with E-state index in [0.717, 1.165) is 9.90 Å². The molecule has 0 radical (unpaired) electrons. The predicted molar refractivity (Wildman–Crippen MR) is 141 cm³/mol. The lowest BCUT2D eigenvalue weighted by Crippen LogP contribution is -2.34. The zero-order valence-electron chi connectivity index (χ0n) is 18.0. The number of thioether (sulfide) groups is 1. The summed E-state index contributed by atoms with van der Waals surface area (Å²) in [5.41, 5.74) is 1.76. The summed E-state index contributed by atoms with van der Waals surface area (Å²) in [6.07, 6.45) is 3.80. The van der Waals surface area contributed by atoms with Crippen LogP contribution in [0.15, 0.2) is 52.3 Å². The quantitative estimate of drug-likeness (QED) is 0.374. The van der Waals surface area contributed by atoms with Gasteiger partial charge in [-0.2, -0.15) is 0 Å². The minimum absolute atomic E-state index is 0.0310. The van der Waals surface area contributed by atoms with Gasteiger partial charge in [0.25, 0.3) is 0 Å². The standard InChI is InChI=1S/C25H21Cl3N2O2S2/c26-15-5-3-12(4-6-15)20-21-13-1-2-14(9-13)22(21)33-24-23(20)34-25(32)30(24)11-19(31)29-16-7-8-17(27)18(28)10-16/h3-8,10,13-14,20-22H,1-2,9,11H2,(H,29,31)/t13?,14?,20-,21?,22?/m0/s1. The molecule has 1 aromatic heterocycles. The average Bonchev–Trinajstić information content (AvgIpc) is 3.50. The van der Waals surface area contributed by atoms with Gasteiger partial charge in [-0.05, 0) is 72.9 Å². The summed E-state index contributed by atoms with van der Waals surface area (Å²) in [5.74, 6) is 1.80. The molecule has 6 rings (SSSR count). The maximum Gasteiger partial charge on any atom is 0.308 e. The molecular weight excluding hydrogens is 531 g/mol. The molecule has 4 nitrogen and oxygen atoms in total. The fourth-order valence-corrected chi connectivity index (χ4v) is 9.62. The van der Waals surface area contributed by atoms with E-state index in [4.69, 9.17) is 34.8 Å². The van der Waals surface area contributed by atoms with Gasteiger partial charge in [-0.1, -0.05) is 58.3 Å². The summed E-state index contributed by atoms with van der Waals surface area (Å²) in [6.45, 7) is -0.0310. The number of benzene rings is 2. The van der Waals surface area contributed by atoms with Gasteiger partial charge < -0.3 is 5.32 Å². The highest BCUT2D eigenvalue weighted by molar-refractivity contribution is 8.00. The average molecular weight is 552 g/mol. The van der Waals surface area contributed by atoms with Crippen LogP contribution in [0.2, 0.25) is 15.1 Å². The van der Waals surface area contributed by atoms with Crippen LogP contribution < -0.4 is 10.2 Å². The van der Waals surface area contributed by atoms with Crippen LogP contribution in [0.5, 0.6) is 0 Å². The molecule has 9 heteroatoms. The van der Waals surface area contributed by atoms with Crippen LogP contribution in [0.1, 0.15) is 35.6 Å². The number of aromatic nitrogens is 1. The second kappa shape index (κ2) is 8.90. The molecule has 3 aromatic rings. The fourth-order valence-electron chi connectivity index (χ4n) is 6.05. The van der Waals surface area contributed by atoms with Gasteiger partial charge in [0, 0.05) is 26.8 Å². The van der Waals surface area contributed by atoms with Crippen LogP contribution in [0.3, 0.4) is 0 Å². The molecule has 5 atom stereocenters. The Morgan fingerprint density at radius 3 is 2.56 bits per heavy atom. The minimum Gasteiger partial charge on any atom is -0.324 e. The van der Waals surface area contributed by atoms with Gasteiger partial charge in [0.15, 0.2) is 0 Å². The van der Waals surface area contributed by atoms with Crippen LogP contribution in [0.25, 0.3) is 0 Å². The number of carbonyl (C=O) groups excluding carboxylic acids is 1. The van der Waals surface area contributed by atoms with Gasteiger partial charge in [-0.25, -0.2) is 0 Å². The summed E-state index contributed by atoms with van der Waals surface area (Å²) >= 11 is 21.3. The van der Waals surface area contributed by atoms with Crippen molar-refractivity contribution >= 4 is 69.5 Å². The number of fused-ring (bicyclic) bond motifs is 6. The monoisotopic (exact) mass is 550 g/mol. The number of halogens is 3. The van der Waals surface area contributed by atoms with Crippen molar-refractivity contribution in [3.8, 4) is 0 Å². The van der Waals surface area contributed by atoms with Gasteiger partial charge in [-0.15, -0.1) is 11.8 Å². The van der Waals surface area contributed by atoms with E-state index in [1.807, 2.05) is 23.9 Å². The van der Waals surface area contributed by atoms with Gasteiger partial charge in [-0.3, -0.25) is 14.2 Å². The van der Waals surface area contributed by atoms with E-state index in [0.29, 0.717) is 43.8 Å². The lowest BCUT2D eigenvalue weighted by atomic mass is 9.75. The van der Waals surface area contributed by atoms with Crippen LogP contribution in [-0.4, -0.2) is 15.7 Å². The first-order chi connectivity index (χ1) is 16.4. The van der Waals surface area contributed by atoms with E-state index in [2.05, 4.69) is 17.4 Å². The van der Waals surface area contributed by atoms with Crippen molar-refractivity contribution in [1.82, 2.24) is 4.57 Å². The number of rotatable bonds is 4. The molecule has 1 aliphatic heterocycles. The summed E-state index contributed by atoms with van der Waals surface area (Å²) in [4.78, 5) is 27.0. The van der Waals surface area contributed by atoms with E-state index in [1.54, 1.807) is 22.8 Å². The molecule has 0 spiro atoms. The smallest absolute Gasteiger partial charge is 0.308 e. The molecule has 2 aliphatic carbocycles. The van der Waals surface area contributed by atoms with Crippen molar-refractivity contribution in [2.75, 3.05) is 5.32 Å². The number of thiazole rings is 1. The molecule has 4 unspecified atom stereocenters. The van der Waals surface area contributed by atoms with Crippen molar-refractivity contribution in [2.24, 2.45) is 17.8 Å². The summed E-state index contributed by atoms with van der Waals surface area (Å²) in [7, 11) is 0. The Hall–Kier alpha value is -1.44. The zero-order valence-corrected chi connectivity index (χ0v) is 21.9. The predicted octanol–water partition coefficient (Wildman–Crippen LogP) is 7.16. The summed E-state index contributed by atoms with van der Waals surface area (Å²) < 4.78 is 1.66. The van der Waals surface area contributed by atoms with E-state index in [-0.39, 0.29) is 23.2 Å². The maximum absolute atomic E-state index is 13.2. The number of amides is 1. The lowest BCUT2D eigenvalue weighted by Gasteiger charge is -2.40. The van der Waals surface area contributed by atoms with Crippen LogP contribution in [-0.2, 0) is 11.3 Å². The molecule has 0 saturated heterocycles. The Morgan fingerprint density at radius 2 is 1.79 bits per heavy atom. The maximum atomic E-state index is 13.2. The van der Waals surface area contributed by atoms with Gasteiger partial charge in [0.2, 0.25) is 5.91 Å². The number of nitrogens with zero attached hydrogens (tertiary/aromatic N) is 1. The van der Waals surface area contributed by atoms with Crippen LogP contribution >= 0.6 is 57.9 Å². The number of hydrogen-bond acceptors (Lipinski definition) is 4. The van der Waals surface area contributed by atoms with E-state index in [9.17, 15) is 9.59 Å². The van der Waals surface area contributed by atoms with Crippen molar-refractivity contribution in [2.45, 2.75) is 42.0 Å². The molecule has 2 saturated carbocycles. The Morgan fingerprint density at radius 1 is 1.03 bits per heavy atom. The topological polar surface area (TPSA) is 51.1 Å². The highest BCUT2D eigenvalue weighted by Gasteiger charge is 2.55. The third-order valence-corrected chi connectivity index (χ3v) is 11.2. The molecule has 2 aromatic carbocycles. The molecule has 1 N–H and O–H groups in total. The molecule has 2 bridgehead atoms. The Kier molecular flexibility index (Phi) is 6.01. The second-order valence-electron chi connectivity index (χ2n) is 9.32. The van der Waals surface area contributed by atoms with E-state index >= 15 is 0 Å². The molecular formula is C25H21Cl3N2O2S2. The Bertz CT molecular complexity index is 1340. The molecule has 2 fully saturated rings. The highest BCUT2D eigenvalue weighted by atomic mass is 35.5. The first kappa shape index (κ1) is 23.0. The lowest BCUT2D eigenvalue weighted by molar-refractivity contribution is -0.116. The normalized spacial score (nSPS) is 26.9. The SMILES string of the molecule is O=C(Cn1c2c(sc1=O)[C@@H](c1ccc(Cl)cc1)C1C3CCC(C3)C1S2)Nc1ccc(Cl)c(Cl)c1. The van der Waals surface area contributed by atoms with Crippen molar-refractivity contribution < 1.29 is 4.79 Å². The first-order valence-corrected chi connectivity index (χ1v) is 14.1. The number of anilines is 1. The van der Waals surface area contributed by atoms with Crippen molar-refractivity contribution in [1.29, 1.82) is 0 Å². The largest absolute Gasteiger partial charge is 0.324 e. The number of nitrogens with one attached hydrogen (secondary N) is 1. The second-order valence-corrected chi connectivity index (χ2v) is 12.7. The van der Waals surface area contributed by atoms with Gasteiger partial charge in [0.05, 0.1) is 15.1 Å². The zero-order chi connectivity index (χ0) is 23.6. The summed E-state index contributed by atoms with van der Waals surface area (Å²) in [6, 6.07) is 13.0. The molecule has 176 valence electrons. The molecule has 34 heavy (non-hydrogen) atoms. The Balaban J connectivity index is 1.35. The van der Waals surface area contributed by atoms with Crippen LogP contribution in [0, 0.1) is 17.8 Å². The first-order valence-electron chi connectivity index (χ1n) is 11.3. The fraction of sp³-hybridized carbons (Fsp3) is 0.360. The van der Waals surface area contributed by atoms with E-state index < -0.39 is 0 Å². The van der Waals surface area contributed by atoms with Crippen LogP contribution in [0.4, 0.5) is 5.69 Å². The van der Waals surface area contributed by atoms with Gasteiger partial charge >= 0.3 is 4.87 Å². The molecule has 1 amide bonds. The third kappa shape index (κ3) is 3.92. The summed E-state index contributed by atoms with van der Waals surface area (Å²) in [5, 5.41) is 5.78. The van der Waals surface area contributed by atoms with Crippen molar-refractivity contribution in [3.05, 3.63) is 77.6 Å². The highest BCUT2D eigenvalue weighted by Crippen LogP contribution is 2.64. The van der Waals surface area contributed by atoms with Crippen molar-refractivity contribution in [3.63, 3.8) is 0 Å². The number of carbonyl (C=O) groups is 1. The van der Waals surface area contributed by atoms with Gasteiger partial charge in [0.1, 0.15) is 6.54 Å². The Labute approximate surface area is 220 Å².